The molecule has 0 fully saturated rings. The Hall–Kier alpha value is -2.56. The van der Waals surface area contributed by atoms with E-state index in [0.717, 1.165) is 0 Å². The number of anilines is 1. The number of carbonyl (C=O) groups is 2. The summed E-state index contributed by atoms with van der Waals surface area (Å²) < 4.78 is 5.03. The number of benzene rings is 1. The van der Waals surface area contributed by atoms with Gasteiger partial charge in [-0.05, 0) is 30.2 Å². The van der Waals surface area contributed by atoms with Crippen molar-refractivity contribution in [3.63, 3.8) is 0 Å². The third-order valence-corrected chi connectivity index (χ3v) is 3.02. The van der Waals surface area contributed by atoms with Gasteiger partial charge in [-0.3, -0.25) is 9.59 Å². The normalized spacial score (nSPS) is 12.0. The molecule has 0 saturated heterocycles. The number of rotatable bonds is 5. The molecule has 110 valence electrons. The van der Waals surface area contributed by atoms with Gasteiger partial charge in [-0.25, -0.2) is 0 Å². The smallest absolute Gasteiger partial charge is 0.287 e. The molecular weight excluding hydrogens is 268 g/mol. The van der Waals surface area contributed by atoms with Gasteiger partial charge in [0.25, 0.3) is 5.91 Å². The van der Waals surface area contributed by atoms with E-state index >= 15 is 0 Å². The first kappa shape index (κ1) is 14.8. The van der Waals surface area contributed by atoms with Crippen molar-refractivity contribution < 1.29 is 14.0 Å². The van der Waals surface area contributed by atoms with Crippen molar-refractivity contribution in [2.75, 3.05) is 5.32 Å². The Morgan fingerprint density at radius 2 is 1.76 bits per heavy atom. The molecule has 2 rings (SSSR count). The van der Waals surface area contributed by atoms with Gasteiger partial charge in [0.15, 0.2) is 5.76 Å². The van der Waals surface area contributed by atoms with Gasteiger partial charge in [0, 0.05) is 5.69 Å². The number of para-hydroxylation sites is 1. The van der Waals surface area contributed by atoms with Gasteiger partial charge in [-0.15, -0.1) is 0 Å². The fourth-order valence-corrected chi connectivity index (χ4v) is 1.90. The van der Waals surface area contributed by atoms with E-state index in [9.17, 15) is 9.59 Å². The summed E-state index contributed by atoms with van der Waals surface area (Å²) in [5.41, 5.74) is 0.695. The first-order valence-corrected chi connectivity index (χ1v) is 6.78. The molecule has 0 saturated carbocycles. The molecule has 0 aliphatic heterocycles. The van der Waals surface area contributed by atoms with Crippen LogP contribution in [-0.4, -0.2) is 17.9 Å². The Labute approximate surface area is 123 Å². The number of amides is 2. The van der Waals surface area contributed by atoms with E-state index in [0.29, 0.717) is 5.69 Å². The summed E-state index contributed by atoms with van der Waals surface area (Å²) in [5, 5.41) is 5.48. The molecule has 21 heavy (non-hydrogen) atoms. The first-order valence-electron chi connectivity index (χ1n) is 6.78. The Bertz CT molecular complexity index is 591. The maximum absolute atomic E-state index is 12.3. The maximum Gasteiger partial charge on any atom is 0.287 e. The highest BCUT2D eigenvalue weighted by Crippen LogP contribution is 2.10. The van der Waals surface area contributed by atoms with Crippen molar-refractivity contribution in [2.24, 2.45) is 5.92 Å². The first-order chi connectivity index (χ1) is 10.1. The van der Waals surface area contributed by atoms with Gasteiger partial charge in [-0.2, -0.15) is 0 Å². The van der Waals surface area contributed by atoms with Crippen LogP contribution in [0, 0.1) is 5.92 Å². The highest BCUT2D eigenvalue weighted by molar-refractivity contribution is 6.00. The number of nitrogens with one attached hydrogen (secondary N) is 2. The lowest BCUT2D eigenvalue weighted by Crippen LogP contribution is -2.47. The summed E-state index contributed by atoms with van der Waals surface area (Å²) in [4.78, 5) is 24.3. The van der Waals surface area contributed by atoms with E-state index < -0.39 is 11.9 Å². The summed E-state index contributed by atoms with van der Waals surface area (Å²) in [6.07, 6.45) is 1.42. The van der Waals surface area contributed by atoms with Crippen molar-refractivity contribution in [2.45, 2.75) is 19.9 Å². The number of carbonyl (C=O) groups excluding carboxylic acids is 2. The largest absolute Gasteiger partial charge is 0.459 e. The predicted octanol–water partition coefficient (Wildman–Crippen LogP) is 2.67. The lowest BCUT2D eigenvalue weighted by molar-refractivity contribution is -0.118. The second-order valence-corrected chi connectivity index (χ2v) is 5.03. The van der Waals surface area contributed by atoms with Crippen molar-refractivity contribution in [3.05, 3.63) is 54.5 Å². The van der Waals surface area contributed by atoms with E-state index in [4.69, 9.17) is 4.42 Å². The van der Waals surface area contributed by atoms with Gasteiger partial charge in [0.05, 0.1) is 6.26 Å². The third-order valence-electron chi connectivity index (χ3n) is 3.02. The molecule has 2 aromatic rings. The lowest BCUT2D eigenvalue weighted by atomic mass is 10.0. The Morgan fingerprint density at radius 3 is 2.33 bits per heavy atom. The SMILES string of the molecule is CC(C)[C@@H](NC(=O)c1ccco1)C(=O)Nc1ccccc1. The van der Waals surface area contributed by atoms with Crippen LogP contribution in [0.4, 0.5) is 5.69 Å². The zero-order valence-electron chi connectivity index (χ0n) is 12.0. The Balaban J connectivity index is 2.05. The van der Waals surface area contributed by atoms with Crippen LogP contribution in [0.15, 0.2) is 53.1 Å². The second kappa shape index (κ2) is 6.74. The zero-order chi connectivity index (χ0) is 15.2. The van der Waals surface area contributed by atoms with E-state index in [1.807, 2.05) is 32.0 Å². The summed E-state index contributed by atoms with van der Waals surface area (Å²) >= 11 is 0. The molecule has 0 bridgehead atoms. The number of hydrogen-bond donors (Lipinski definition) is 2. The Morgan fingerprint density at radius 1 is 1.05 bits per heavy atom. The van der Waals surface area contributed by atoms with Gasteiger partial charge in [-0.1, -0.05) is 32.0 Å². The number of furan rings is 1. The molecule has 0 spiro atoms. The van der Waals surface area contributed by atoms with E-state index in [1.54, 1.807) is 24.3 Å². The minimum Gasteiger partial charge on any atom is -0.459 e. The second-order valence-electron chi connectivity index (χ2n) is 5.03. The van der Waals surface area contributed by atoms with Gasteiger partial charge < -0.3 is 15.1 Å². The zero-order valence-corrected chi connectivity index (χ0v) is 12.0. The molecule has 1 aromatic carbocycles. The van der Waals surface area contributed by atoms with Crippen LogP contribution in [0.25, 0.3) is 0 Å². The van der Waals surface area contributed by atoms with Crippen LogP contribution in [0.2, 0.25) is 0 Å². The standard InChI is InChI=1S/C16H18N2O3/c1-11(2)14(18-15(19)13-9-6-10-21-13)16(20)17-12-7-4-3-5-8-12/h3-11,14H,1-2H3,(H,17,20)(H,18,19)/t14-/m1/s1. The molecule has 2 amide bonds. The van der Waals surface area contributed by atoms with Gasteiger partial charge >= 0.3 is 0 Å². The molecule has 0 unspecified atom stereocenters. The van der Waals surface area contributed by atoms with Crippen LogP contribution in [0.5, 0.6) is 0 Å². The molecule has 1 atom stereocenters. The number of hydrogen-bond acceptors (Lipinski definition) is 3. The summed E-state index contributed by atoms with van der Waals surface area (Å²) in [7, 11) is 0. The molecule has 1 aromatic heterocycles. The summed E-state index contributed by atoms with van der Waals surface area (Å²) in [6.45, 7) is 3.75. The molecule has 0 aliphatic rings. The van der Waals surface area contributed by atoms with E-state index in [1.165, 1.54) is 6.26 Å². The summed E-state index contributed by atoms with van der Waals surface area (Å²) in [6, 6.07) is 11.7. The molecule has 0 aliphatic carbocycles. The average Bonchev–Trinajstić information content (AvgIpc) is 2.99. The predicted molar refractivity (Wildman–Crippen MR) is 79.9 cm³/mol. The maximum atomic E-state index is 12.3. The van der Waals surface area contributed by atoms with Crippen molar-refractivity contribution in [3.8, 4) is 0 Å². The lowest BCUT2D eigenvalue weighted by Gasteiger charge is -2.21. The van der Waals surface area contributed by atoms with Crippen molar-refractivity contribution in [1.29, 1.82) is 0 Å². The van der Waals surface area contributed by atoms with Crippen LogP contribution in [0.3, 0.4) is 0 Å². The third kappa shape index (κ3) is 3.95. The van der Waals surface area contributed by atoms with E-state index in [-0.39, 0.29) is 17.6 Å². The minimum absolute atomic E-state index is 0.0485. The van der Waals surface area contributed by atoms with Crippen molar-refractivity contribution >= 4 is 17.5 Å². The molecule has 0 radical (unpaired) electrons. The molecular formula is C16H18N2O3. The highest BCUT2D eigenvalue weighted by atomic mass is 16.3. The van der Waals surface area contributed by atoms with Gasteiger partial charge in [0.1, 0.15) is 6.04 Å². The van der Waals surface area contributed by atoms with Crippen LogP contribution < -0.4 is 10.6 Å². The Kier molecular flexibility index (Phi) is 4.77. The van der Waals surface area contributed by atoms with Crippen LogP contribution in [-0.2, 0) is 4.79 Å². The van der Waals surface area contributed by atoms with Gasteiger partial charge in [0.2, 0.25) is 5.91 Å². The fourth-order valence-electron chi connectivity index (χ4n) is 1.90. The summed E-state index contributed by atoms with van der Waals surface area (Å²) in [5.74, 6) is -0.515. The molecule has 5 heteroatoms. The van der Waals surface area contributed by atoms with Crippen molar-refractivity contribution in [1.82, 2.24) is 5.32 Å². The van der Waals surface area contributed by atoms with E-state index in [2.05, 4.69) is 10.6 Å². The van der Waals surface area contributed by atoms with Crippen LogP contribution >= 0.6 is 0 Å². The quantitative estimate of drug-likeness (QED) is 0.887. The molecule has 5 nitrogen and oxygen atoms in total. The average molecular weight is 286 g/mol. The monoisotopic (exact) mass is 286 g/mol. The molecule has 1 heterocycles. The highest BCUT2D eigenvalue weighted by Gasteiger charge is 2.25. The minimum atomic E-state index is -0.636. The molecule has 2 N–H and O–H groups in total. The topological polar surface area (TPSA) is 71.3 Å². The fraction of sp³-hybridized carbons (Fsp3) is 0.250. The van der Waals surface area contributed by atoms with Crippen LogP contribution in [0.1, 0.15) is 24.4 Å².